The number of aromatic nitrogens is 2. The Kier molecular flexibility index (Phi) is 5.35. The van der Waals surface area contributed by atoms with E-state index in [1.807, 2.05) is 28.8 Å². The van der Waals surface area contributed by atoms with Crippen LogP contribution in [0, 0.1) is 0 Å². The summed E-state index contributed by atoms with van der Waals surface area (Å²) in [4.78, 5) is 33.0. The van der Waals surface area contributed by atoms with Crippen molar-refractivity contribution in [3.63, 3.8) is 0 Å². The van der Waals surface area contributed by atoms with E-state index in [1.54, 1.807) is 6.92 Å². The van der Waals surface area contributed by atoms with Crippen molar-refractivity contribution in [2.45, 2.75) is 88.9 Å². The molecule has 30 heavy (non-hydrogen) atoms. The van der Waals surface area contributed by atoms with E-state index in [1.165, 1.54) is 44.9 Å². The Morgan fingerprint density at radius 2 is 1.70 bits per heavy atom. The minimum absolute atomic E-state index is 0.0855. The molecule has 2 aliphatic heterocycles. The Hall–Kier alpha value is -2.21. The van der Waals surface area contributed by atoms with Gasteiger partial charge in [-0.3, -0.25) is 9.69 Å². The van der Waals surface area contributed by atoms with E-state index in [2.05, 4.69) is 9.88 Å². The molecule has 0 N–H and O–H groups in total. The Morgan fingerprint density at radius 3 is 2.40 bits per heavy atom. The van der Waals surface area contributed by atoms with Gasteiger partial charge >= 0.3 is 5.97 Å². The first-order valence-corrected chi connectivity index (χ1v) is 11.6. The van der Waals surface area contributed by atoms with Gasteiger partial charge in [0.1, 0.15) is 0 Å². The van der Waals surface area contributed by atoms with E-state index in [0.29, 0.717) is 17.6 Å². The summed E-state index contributed by atoms with van der Waals surface area (Å²) in [6.45, 7) is 1.98. The van der Waals surface area contributed by atoms with E-state index in [4.69, 9.17) is 4.74 Å². The number of piperidine rings is 1. The molecule has 160 valence electrons. The summed E-state index contributed by atoms with van der Waals surface area (Å²) in [5, 5.41) is 0. The van der Waals surface area contributed by atoms with E-state index in [-0.39, 0.29) is 23.9 Å². The number of esters is 1. The van der Waals surface area contributed by atoms with Crippen molar-refractivity contribution in [2.75, 3.05) is 6.61 Å². The molecule has 2 saturated heterocycles. The van der Waals surface area contributed by atoms with Gasteiger partial charge in [-0.1, -0.05) is 31.4 Å². The number of nitrogens with zero attached hydrogens (tertiary/aromatic N) is 3. The van der Waals surface area contributed by atoms with Crippen LogP contribution < -0.4 is 5.56 Å². The monoisotopic (exact) mass is 409 g/mol. The van der Waals surface area contributed by atoms with Gasteiger partial charge in [0.25, 0.3) is 5.56 Å². The van der Waals surface area contributed by atoms with Crippen molar-refractivity contribution in [1.82, 2.24) is 14.5 Å². The summed E-state index contributed by atoms with van der Waals surface area (Å²) in [6.07, 6.45) is 11.1. The minimum Gasteiger partial charge on any atom is -0.461 e. The van der Waals surface area contributed by atoms with Crippen molar-refractivity contribution in [2.24, 2.45) is 0 Å². The van der Waals surface area contributed by atoms with E-state index in [0.717, 1.165) is 24.4 Å². The molecule has 0 radical (unpaired) electrons. The predicted molar refractivity (Wildman–Crippen MR) is 116 cm³/mol. The van der Waals surface area contributed by atoms with Crippen molar-refractivity contribution < 1.29 is 9.53 Å². The standard InChI is InChI=1S/C24H31N3O3/c1-2-30-24(29)22-23(28)27(21-11-7-6-10-20(21)25-22)19-14-17-12-13-18(15-19)26(17)16-8-4-3-5-9-16/h6-7,10-11,16-19H,2-5,8-9,12-15H2,1H3/t17-,18+,19+. The van der Waals surface area contributed by atoms with Gasteiger partial charge < -0.3 is 9.30 Å². The lowest BCUT2D eigenvalue weighted by molar-refractivity contribution is 0.0443. The second kappa shape index (κ2) is 8.14. The Bertz CT molecular complexity index is 981. The van der Waals surface area contributed by atoms with Crippen molar-refractivity contribution >= 4 is 17.0 Å². The molecule has 5 rings (SSSR count). The molecule has 2 aromatic rings. The van der Waals surface area contributed by atoms with Crippen LogP contribution in [0.5, 0.6) is 0 Å². The second-order valence-electron chi connectivity index (χ2n) is 9.09. The summed E-state index contributed by atoms with van der Waals surface area (Å²) in [5.41, 5.74) is 1.12. The van der Waals surface area contributed by atoms with Crippen LogP contribution in [0.25, 0.3) is 11.0 Å². The number of fused-ring (bicyclic) bond motifs is 3. The highest BCUT2D eigenvalue weighted by Crippen LogP contribution is 2.44. The highest BCUT2D eigenvalue weighted by molar-refractivity contribution is 5.89. The molecule has 3 aliphatic rings. The lowest BCUT2D eigenvalue weighted by Gasteiger charge is -2.45. The zero-order valence-corrected chi connectivity index (χ0v) is 17.8. The third-order valence-electron chi connectivity index (χ3n) is 7.39. The molecule has 3 fully saturated rings. The number of carbonyl (C=O) groups excluding carboxylic acids is 1. The van der Waals surface area contributed by atoms with E-state index < -0.39 is 5.97 Å². The molecule has 6 nitrogen and oxygen atoms in total. The van der Waals surface area contributed by atoms with Gasteiger partial charge in [-0.15, -0.1) is 0 Å². The summed E-state index contributed by atoms with van der Waals surface area (Å²) in [6, 6.07) is 9.58. The largest absolute Gasteiger partial charge is 0.461 e. The maximum absolute atomic E-state index is 13.4. The number of carbonyl (C=O) groups is 1. The molecule has 1 aromatic carbocycles. The van der Waals surface area contributed by atoms with E-state index in [9.17, 15) is 9.59 Å². The molecule has 1 aromatic heterocycles. The Balaban J connectivity index is 1.52. The fourth-order valence-electron chi connectivity index (χ4n) is 6.22. The van der Waals surface area contributed by atoms with Crippen LogP contribution in [0.4, 0.5) is 0 Å². The van der Waals surface area contributed by atoms with Crippen LogP contribution in [0.1, 0.15) is 81.2 Å². The topological polar surface area (TPSA) is 64.4 Å². The predicted octanol–water partition coefficient (Wildman–Crippen LogP) is 4.07. The summed E-state index contributed by atoms with van der Waals surface area (Å²) in [5.74, 6) is -0.621. The summed E-state index contributed by atoms with van der Waals surface area (Å²) in [7, 11) is 0. The van der Waals surface area contributed by atoms with Crippen molar-refractivity contribution in [3.8, 4) is 0 Å². The highest BCUT2D eigenvalue weighted by atomic mass is 16.5. The minimum atomic E-state index is -0.621. The van der Waals surface area contributed by atoms with Gasteiger partial charge in [-0.25, -0.2) is 9.78 Å². The van der Waals surface area contributed by atoms with Gasteiger partial charge in [0, 0.05) is 24.2 Å². The van der Waals surface area contributed by atoms with Gasteiger partial charge in [0.15, 0.2) is 0 Å². The lowest BCUT2D eigenvalue weighted by atomic mass is 9.88. The molecule has 2 bridgehead atoms. The fraction of sp³-hybridized carbons (Fsp3) is 0.625. The van der Waals surface area contributed by atoms with Gasteiger partial charge in [-0.05, 0) is 57.6 Å². The van der Waals surface area contributed by atoms with Crippen LogP contribution in [0.15, 0.2) is 29.1 Å². The molecule has 1 aliphatic carbocycles. The molecular weight excluding hydrogens is 378 g/mol. The molecule has 1 saturated carbocycles. The van der Waals surface area contributed by atoms with Gasteiger partial charge in [0.2, 0.25) is 5.69 Å². The van der Waals surface area contributed by atoms with Crippen LogP contribution in [-0.4, -0.2) is 45.2 Å². The van der Waals surface area contributed by atoms with E-state index >= 15 is 0 Å². The Labute approximate surface area is 177 Å². The zero-order chi connectivity index (χ0) is 20.7. The number of para-hydroxylation sites is 2. The highest BCUT2D eigenvalue weighted by Gasteiger charge is 2.45. The number of ether oxygens (including phenoxy) is 1. The van der Waals surface area contributed by atoms with Crippen LogP contribution >= 0.6 is 0 Å². The molecule has 0 spiro atoms. The fourth-order valence-corrected chi connectivity index (χ4v) is 6.22. The van der Waals surface area contributed by atoms with Crippen LogP contribution in [0.2, 0.25) is 0 Å². The third kappa shape index (κ3) is 3.35. The third-order valence-corrected chi connectivity index (χ3v) is 7.39. The quantitative estimate of drug-likeness (QED) is 0.712. The maximum Gasteiger partial charge on any atom is 0.362 e. The first-order chi connectivity index (χ1) is 14.7. The second-order valence-corrected chi connectivity index (χ2v) is 9.09. The molecule has 3 heterocycles. The normalized spacial score (nSPS) is 27.4. The molecule has 6 heteroatoms. The summed E-state index contributed by atoms with van der Waals surface area (Å²) < 4.78 is 6.99. The number of rotatable bonds is 4. The molecule has 0 amide bonds. The number of hydrogen-bond donors (Lipinski definition) is 0. The van der Waals surface area contributed by atoms with Crippen LogP contribution in [0.3, 0.4) is 0 Å². The molecule has 3 atom stereocenters. The first-order valence-electron chi connectivity index (χ1n) is 11.6. The van der Waals surface area contributed by atoms with Crippen molar-refractivity contribution in [3.05, 3.63) is 40.3 Å². The van der Waals surface area contributed by atoms with Gasteiger partial charge in [0.05, 0.1) is 17.6 Å². The SMILES string of the molecule is CCOC(=O)c1nc2ccccc2n([C@H]2C[C@H]3CC[C@@H](C2)N3C2CCCCC2)c1=O. The maximum atomic E-state index is 13.4. The van der Waals surface area contributed by atoms with Crippen molar-refractivity contribution in [1.29, 1.82) is 0 Å². The summed E-state index contributed by atoms with van der Waals surface area (Å²) >= 11 is 0. The zero-order valence-electron chi connectivity index (χ0n) is 17.8. The number of benzene rings is 1. The van der Waals surface area contributed by atoms with Crippen LogP contribution in [-0.2, 0) is 4.74 Å². The number of hydrogen-bond acceptors (Lipinski definition) is 5. The average molecular weight is 410 g/mol. The lowest BCUT2D eigenvalue weighted by Crippen LogP contribution is -2.50. The first kappa shape index (κ1) is 19.7. The molecular formula is C24H31N3O3. The Morgan fingerprint density at radius 1 is 1.00 bits per heavy atom. The smallest absolute Gasteiger partial charge is 0.362 e. The molecule has 0 unspecified atom stereocenters. The van der Waals surface area contributed by atoms with Gasteiger partial charge in [-0.2, -0.15) is 0 Å². The average Bonchev–Trinajstić information content (AvgIpc) is 3.03.